The molecule has 0 radical (unpaired) electrons. The van der Waals surface area contributed by atoms with Gasteiger partial charge in [0, 0.05) is 12.0 Å². The molecule has 1 heterocycles. The van der Waals surface area contributed by atoms with Crippen molar-refractivity contribution in [2.24, 2.45) is 0 Å². The molecule has 9 heteroatoms. The minimum absolute atomic E-state index is 0.000147. The molecule has 3 rings (SSSR count). The highest BCUT2D eigenvalue weighted by Crippen LogP contribution is 2.43. The number of pyridine rings is 1. The Labute approximate surface area is 201 Å². The Morgan fingerprint density at radius 3 is 2.45 bits per heavy atom. The molecule has 174 valence electrons. The van der Waals surface area contributed by atoms with Crippen LogP contribution in [0, 0.1) is 5.95 Å². The van der Waals surface area contributed by atoms with Gasteiger partial charge in [0.1, 0.15) is 27.1 Å². The largest absolute Gasteiger partial charge is 0.508 e. The number of hydrogen-bond acceptors (Lipinski definition) is 5. The summed E-state index contributed by atoms with van der Waals surface area (Å²) in [5.74, 6) is -2.34. The second-order valence-corrected chi connectivity index (χ2v) is 8.87. The van der Waals surface area contributed by atoms with Gasteiger partial charge in [-0.25, -0.2) is 4.79 Å². The maximum Gasteiger partial charge on any atom is 0.329 e. The van der Waals surface area contributed by atoms with Gasteiger partial charge in [-0.05, 0) is 36.6 Å². The maximum absolute atomic E-state index is 14.6. The van der Waals surface area contributed by atoms with Gasteiger partial charge in [0.15, 0.2) is 11.6 Å². The maximum atomic E-state index is 14.6. The van der Waals surface area contributed by atoms with Gasteiger partial charge in [-0.2, -0.15) is 9.37 Å². The highest BCUT2D eigenvalue weighted by atomic mass is 35.5. The number of rotatable bonds is 8. The molecule has 0 saturated carbocycles. The van der Waals surface area contributed by atoms with E-state index >= 15 is 0 Å². The van der Waals surface area contributed by atoms with Gasteiger partial charge in [0.2, 0.25) is 5.95 Å². The molecule has 0 aliphatic rings. The first-order valence-electron chi connectivity index (χ1n) is 10.1. The van der Waals surface area contributed by atoms with Crippen LogP contribution in [0.3, 0.4) is 0 Å². The fourth-order valence-corrected chi connectivity index (χ4v) is 3.73. The summed E-state index contributed by atoms with van der Waals surface area (Å²) >= 11 is 12.5. The minimum Gasteiger partial charge on any atom is -0.508 e. The number of halogens is 3. The summed E-state index contributed by atoms with van der Waals surface area (Å²) in [4.78, 5) is 15.8. The van der Waals surface area contributed by atoms with Crippen LogP contribution < -0.4 is 10.1 Å². The number of hydrogen-bond donors (Lipinski definition) is 3. The topological polar surface area (TPSA) is 91.7 Å². The Bertz CT molecular complexity index is 1170. The zero-order valence-corrected chi connectivity index (χ0v) is 19.7. The standard InChI is InChI=1S/C24H23Cl2FN2O4/c1-13(2)16-11-15(9-10-17(16)30)33-20-18(25)21(27)28-22(19(20)26)29-24(3,23(31)32)12-14-7-5-4-6-8-14/h4-11,13,30H,12H2,1-3H3,(H,28,29)(H,31,32). The molecule has 1 atom stereocenters. The van der Waals surface area contributed by atoms with Crippen LogP contribution in [-0.4, -0.2) is 26.7 Å². The van der Waals surface area contributed by atoms with E-state index in [0.29, 0.717) is 5.56 Å². The van der Waals surface area contributed by atoms with Gasteiger partial charge in [-0.1, -0.05) is 67.4 Å². The van der Waals surface area contributed by atoms with Gasteiger partial charge in [-0.3, -0.25) is 0 Å². The Balaban J connectivity index is 1.99. The first kappa shape index (κ1) is 24.6. The molecule has 3 N–H and O–H groups in total. The minimum atomic E-state index is -1.56. The summed E-state index contributed by atoms with van der Waals surface area (Å²) in [6, 6.07) is 13.5. The smallest absolute Gasteiger partial charge is 0.329 e. The summed E-state index contributed by atoms with van der Waals surface area (Å²) in [5.41, 5.74) is -0.185. The summed E-state index contributed by atoms with van der Waals surface area (Å²) < 4.78 is 20.3. The van der Waals surface area contributed by atoms with Gasteiger partial charge in [-0.15, -0.1) is 0 Å². The second kappa shape index (κ2) is 9.85. The number of anilines is 1. The van der Waals surface area contributed by atoms with E-state index in [9.17, 15) is 19.4 Å². The molecule has 33 heavy (non-hydrogen) atoms. The number of aliphatic carboxylic acids is 1. The summed E-state index contributed by atoms with van der Waals surface area (Å²) in [6.07, 6.45) is 0.0807. The third-order valence-corrected chi connectivity index (χ3v) is 5.78. The Morgan fingerprint density at radius 1 is 1.18 bits per heavy atom. The van der Waals surface area contributed by atoms with Crippen LogP contribution in [0.5, 0.6) is 17.2 Å². The molecular formula is C24H23Cl2FN2O4. The van der Waals surface area contributed by atoms with Crippen LogP contribution >= 0.6 is 23.2 Å². The van der Waals surface area contributed by atoms with Crippen LogP contribution in [-0.2, 0) is 11.2 Å². The fraction of sp³-hybridized carbons (Fsp3) is 0.250. The molecule has 3 aromatic rings. The van der Waals surface area contributed by atoms with Crippen molar-refractivity contribution < 1.29 is 24.1 Å². The molecule has 0 aliphatic carbocycles. The van der Waals surface area contributed by atoms with Gasteiger partial charge < -0.3 is 20.3 Å². The summed E-state index contributed by atoms with van der Waals surface area (Å²) in [7, 11) is 0. The lowest BCUT2D eigenvalue weighted by Crippen LogP contribution is -2.45. The predicted octanol–water partition coefficient (Wildman–Crippen LogP) is 6.65. The quantitative estimate of drug-likeness (QED) is 0.305. The van der Waals surface area contributed by atoms with Crippen LogP contribution in [0.4, 0.5) is 10.2 Å². The average molecular weight is 493 g/mol. The number of phenols is 1. The number of aromatic hydroxyl groups is 1. The number of phenolic OH excluding ortho intramolecular Hbond substituents is 1. The number of carbonyl (C=O) groups is 1. The van der Waals surface area contributed by atoms with E-state index in [1.54, 1.807) is 30.3 Å². The first-order valence-corrected chi connectivity index (χ1v) is 10.9. The Hall–Kier alpha value is -3.03. The average Bonchev–Trinajstić information content (AvgIpc) is 2.76. The van der Waals surface area contributed by atoms with E-state index < -0.39 is 22.5 Å². The number of carboxylic acid groups (broad SMARTS) is 1. The molecule has 0 bridgehead atoms. The third-order valence-electron chi connectivity index (χ3n) is 5.11. The first-order chi connectivity index (χ1) is 15.5. The van der Waals surface area contributed by atoms with E-state index in [-0.39, 0.29) is 40.4 Å². The van der Waals surface area contributed by atoms with Crippen LogP contribution in [0.15, 0.2) is 48.5 Å². The zero-order chi connectivity index (χ0) is 24.3. The molecule has 6 nitrogen and oxygen atoms in total. The number of carboxylic acids is 1. The molecule has 1 unspecified atom stereocenters. The summed E-state index contributed by atoms with van der Waals surface area (Å²) in [6.45, 7) is 5.24. The Kier molecular flexibility index (Phi) is 7.34. The highest BCUT2D eigenvalue weighted by Gasteiger charge is 2.35. The molecule has 0 aliphatic heterocycles. The molecule has 0 spiro atoms. The van der Waals surface area contributed by atoms with Crippen LogP contribution in [0.1, 0.15) is 37.8 Å². The highest BCUT2D eigenvalue weighted by molar-refractivity contribution is 6.38. The molecule has 0 fully saturated rings. The molecule has 2 aromatic carbocycles. The Morgan fingerprint density at radius 2 is 1.85 bits per heavy atom. The second-order valence-electron chi connectivity index (χ2n) is 8.11. The monoisotopic (exact) mass is 492 g/mol. The van der Waals surface area contributed by atoms with Crippen molar-refractivity contribution in [2.75, 3.05) is 5.32 Å². The van der Waals surface area contributed by atoms with E-state index in [1.807, 2.05) is 19.9 Å². The SMILES string of the molecule is CC(C)c1cc(Oc2c(Cl)c(F)nc(NC(C)(Cc3ccccc3)C(=O)O)c2Cl)ccc1O. The summed E-state index contributed by atoms with van der Waals surface area (Å²) in [5, 5.41) is 22.0. The van der Waals surface area contributed by atoms with E-state index in [0.717, 1.165) is 5.56 Å². The predicted molar refractivity (Wildman–Crippen MR) is 126 cm³/mol. The number of nitrogens with zero attached hydrogens (tertiary/aromatic N) is 1. The van der Waals surface area contributed by atoms with Gasteiger partial charge in [0.05, 0.1) is 0 Å². The van der Waals surface area contributed by atoms with Crippen molar-refractivity contribution in [3.05, 3.63) is 75.7 Å². The van der Waals surface area contributed by atoms with E-state index in [1.165, 1.54) is 19.1 Å². The molecular weight excluding hydrogens is 470 g/mol. The van der Waals surface area contributed by atoms with Crippen molar-refractivity contribution >= 4 is 35.0 Å². The zero-order valence-electron chi connectivity index (χ0n) is 18.2. The van der Waals surface area contributed by atoms with Gasteiger partial charge >= 0.3 is 5.97 Å². The number of nitrogens with one attached hydrogen (secondary N) is 1. The third kappa shape index (κ3) is 5.49. The van der Waals surface area contributed by atoms with Crippen molar-refractivity contribution in [1.29, 1.82) is 0 Å². The van der Waals surface area contributed by atoms with Crippen LogP contribution in [0.2, 0.25) is 10.0 Å². The van der Waals surface area contributed by atoms with E-state index in [4.69, 9.17) is 27.9 Å². The van der Waals surface area contributed by atoms with Crippen molar-refractivity contribution in [1.82, 2.24) is 4.98 Å². The van der Waals surface area contributed by atoms with E-state index in [2.05, 4.69) is 10.3 Å². The number of benzene rings is 2. The molecule has 0 amide bonds. The number of ether oxygens (including phenoxy) is 1. The van der Waals surface area contributed by atoms with Crippen molar-refractivity contribution in [3.8, 4) is 17.2 Å². The van der Waals surface area contributed by atoms with Gasteiger partial charge in [0.25, 0.3) is 0 Å². The lowest BCUT2D eigenvalue weighted by molar-refractivity contribution is -0.141. The molecule has 0 saturated heterocycles. The lowest BCUT2D eigenvalue weighted by atomic mass is 9.93. The van der Waals surface area contributed by atoms with Crippen molar-refractivity contribution in [2.45, 2.75) is 38.6 Å². The number of aromatic nitrogens is 1. The lowest BCUT2D eigenvalue weighted by Gasteiger charge is -2.28. The van der Waals surface area contributed by atoms with Crippen molar-refractivity contribution in [3.63, 3.8) is 0 Å². The fourth-order valence-electron chi connectivity index (χ4n) is 3.28. The van der Waals surface area contributed by atoms with Crippen LogP contribution in [0.25, 0.3) is 0 Å². The molecule has 1 aromatic heterocycles. The normalized spacial score (nSPS) is 12.9.